The average Bonchev–Trinajstić information content (AvgIpc) is 3.04. The molecule has 1 aliphatic heterocycles. The first-order chi connectivity index (χ1) is 15.9. The number of benzene rings is 1. The number of carbonyl (C=O) groups is 1. The van der Waals surface area contributed by atoms with E-state index in [2.05, 4.69) is 19.1 Å². The molecule has 1 aliphatic carbocycles. The molecule has 5 nitrogen and oxygen atoms in total. The zero-order chi connectivity index (χ0) is 23.8. The maximum absolute atomic E-state index is 13.4. The van der Waals surface area contributed by atoms with E-state index in [-0.39, 0.29) is 5.91 Å². The van der Waals surface area contributed by atoms with E-state index in [0.717, 1.165) is 41.9 Å². The molecule has 2 aromatic rings. The van der Waals surface area contributed by atoms with Crippen molar-refractivity contribution in [2.45, 2.75) is 32.9 Å². The number of carbonyl (C=O) groups excluding carboxylic acids is 1. The lowest BCUT2D eigenvalue weighted by Crippen LogP contribution is -2.56. The van der Waals surface area contributed by atoms with Gasteiger partial charge in [0.15, 0.2) is 0 Å². The zero-order valence-corrected chi connectivity index (χ0v) is 20.1. The number of pyridine rings is 1. The molecule has 1 saturated heterocycles. The van der Waals surface area contributed by atoms with Crippen LogP contribution in [0.2, 0.25) is 0 Å². The largest absolute Gasteiger partial charge is 0.458 e. The standard InChI is InChI=1S/C25H29FN3O2.C2H6/c1-29(2)17-15-28(16-18-29)25(30)24-8-4-7-23(27-24)19-9-12-22(13-10-19)31-21-6-3-5-20(26)11-14-21;1-2/h4,6-14,20H,3,5,15-18H2,1-2H3;1-2H3/q+1;. The van der Waals surface area contributed by atoms with Gasteiger partial charge in [-0.2, -0.15) is 0 Å². The van der Waals surface area contributed by atoms with Crippen LogP contribution in [0.5, 0.6) is 5.75 Å². The van der Waals surface area contributed by atoms with Crippen LogP contribution < -0.4 is 4.74 Å². The number of hydrogen-bond donors (Lipinski definition) is 0. The number of nitrogens with zero attached hydrogens (tertiary/aromatic N) is 3. The molecule has 2 heterocycles. The Labute approximate surface area is 196 Å². The van der Waals surface area contributed by atoms with Crippen molar-refractivity contribution in [1.82, 2.24) is 9.88 Å². The van der Waals surface area contributed by atoms with E-state index in [1.165, 1.54) is 6.08 Å². The number of quaternary nitrogens is 1. The zero-order valence-electron chi connectivity index (χ0n) is 20.1. The lowest BCUT2D eigenvalue weighted by atomic mass is 10.1. The Morgan fingerprint density at radius 3 is 2.48 bits per heavy atom. The summed E-state index contributed by atoms with van der Waals surface area (Å²) in [5.41, 5.74) is 2.13. The highest BCUT2D eigenvalue weighted by Gasteiger charge is 2.28. The summed E-state index contributed by atoms with van der Waals surface area (Å²) in [6.07, 6.45) is 5.33. The van der Waals surface area contributed by atoms with Crippen LogP contribution in [-0.2, 0) is 0 Å². The van der Waals surface area contributed by atoms with Crippen molar-refractivity contribution >= 4 is 5.91 Å². The molecule has 1 fully saturated rings. The molecule has 2 aliphatic rings. The second-order valence-electron chi connectivity index (χ2n) is 8.77. The number of likely N-dealkylation sites (N-methyl/N-ethyl adjacent to an activating group) is 1. The molecule has 6 heteroatoms. The van der Waals surface area contributed by atoms with Gasteiger partial charge in [0.05, 0.1) is 46.0 Å². The van der Waals surface area contributed by atoms with E-state index < -0.39 is 6.17 Å². The Kier molecular flexibility index (Phi) is 8.39. The minimum atomic E-state index is -0.920. The molecule has 0 N–H and O–H groups in total. The minimum absolute atomic E-state index is 0.0141. The lowest BCUT2D eigenvalue weighted by molar-refractivity contribution is -0.894. The van der Waals surface area contributed by atoms with E-state index >= 15 is 0 Å². The SMILES string of the molecule is CC.C[N+]1(C)CCN(C(=O)c2cccc(-c3ccc(OC4=CCCC(F)C=C4)cc3)n2)CC1. The monoisotopic (exact) mass is 452 g/mol. The molecule has 1 atom stereocenters. The van der Waals surface area contributed by atoms with Gasteiger partial charge >= 0.3 is 0 Å². The second-order valence-corrected chi connectivity index (χ2v) is 8.77. The Bertz CT molecular complexity index is 989. The number of alkyl halides is 1. The highest BCUT2D eigenvalue weighted by Crippen LogP contribution is 2.24. The van der Waals surface area contributed by atoms with Crippen molar-refractivity contribution in [2.24, 2.45) is 0 Å². The fourth-order valence-electron chi connectivity index (χ4n) is 3.74. The van der Waals surface area contributed by atoms with E-state index in [0.29, 0.717) is 30.0 Å². The third-order valence-electron chi connectivity index (χ3n) is 5.85. The van der Waals surface area contributed by atoms with E-state index in [9.17, 15) is 9.18 Å². The predicted molar refractivity (Wildman–Crippen MR) is 131 cm³/mol. The summed E-state index contributed by atoms with van der Waals surface area (Å²) in [4.78, 5) is 19.4. The molecule has 1 unspecified atom stereocenters. The van der Waals surface area contributed by atoms with Gasteiger partial charge in [-0.25, -0.2) is 9.37 Å². The van der Waals surface area contributed by atoms with E-state index in [1.807, 2.05) is 61.2 Å². The summed E-state index contributed by atoms with van der Waals surface area (Å²) >= 11 is 0. The first kappa shape index (κ1) is 24.6. The smallest absolute Gasteiger partial charge is 0.272 e. The summed E-state index contributed by atoms with van der Waals surface area (Å²) in [6.45, 7) is 7.39. The molecular weight excluding hydrogens is 417 g/mol. The molecule has 1 aromatic heterocycles. The van der Waals surface area contributed by atoms with Crippen LogP contribution >= 0.6 is 0 Å². The summed E-state index contributed by atoms with van der Waals surface area (Å²) in [6, 6.07) is 13.1. The summed E-state index contributed by atoms with van der Waals surface area (Å²) < 4.78 is 20.2. The van der Waals surface area contributed by atoms with Crippen LogP contribution in [0.3, 0.4) is 0 Å². The highest BCUT2D eigenvalue weighted by atomic mass is 19.1. The van der Waals surface area contributed by atoms with E-state index in [4.69, 9.17) is 4.74 Å². The van der Waals surface area contributed by atoms with Crippen LogP contribution in [0.4, 0.5) is 4.39 Å². The number of allylic oxidation sites excluding steroid dienone is 3. The first-order valence-electron chi connectivity index (χ1n) is 11.8. The second kappa shape index (κ2) is 11.2. The van der Waals surface area contributed by atoms with Gasteiger partial charge in [-0.15, -0.1) is 0 Å². The third kappa shape index (κ3) is 6.75. The maximum Gasteiger partial charge on any atom is 0.272 e. The van der Waals surface area contributed by atoms with Gasteiger partial charge in [0.2, 0.25) is 0 Å². The van der Waals surface area contributed by atoms with Crippen molar-refractivity contribution < 1.29 is 18.4 Å². The van der Waals surface area contributed by atoms with Gasteiger partial charge < -0.3 is 14.1 Å². The summed E-state index contributed by atoms with van der Waals surface area (Å²) in [7, 11) is 4.38. The fraction of sp³-hybridized carbons (Fsp3) is 0.407. The Balaban J connectivity index is 0.00000149. The molecular formula is C27H35FN3O2+. The number of halogens is 1. The van der Waals surface area contributed by atoms with Gasteiger partial charge in [0.1, 0.15) is 23.4 Å². The van der Waals surface area contributed by atoms with Gasteiger partial charge in [-0.3, -0.25) is 4.79 Å². The third-order valence-corrected chi connectivity index (χ3v) is 5.85. The molecule has 0 radical (unpaired) electrons. The normalized spacial score (nSPS) is 19.6. The fourth-order valence-corrected chi connectivity index (χ4v) is 3.74. The average molecular weight is 453 g/mol. The van der Waals surface area contributed by atoms with Crippen molar-refractivity contribution in [2.75, 3.05) is 40.3 Å². The minimum Gasteiger partial charge on any atom is -0.458 e. The van der Waals surface area contributed by atoms with Crippen molar-refractivity contribution in [1.29, 1.82) is 0 Å². The van der Waals surface area contributed by atoms with E-state index in [1.54, 1.807) is 12.1 Å². The number of aromatic nitrogens is 1. The van der Waals surface area contributed by atoms with Crippen molar-refractivity contribution in [3.8, 4) is 17.0 Å². The van der Waals surface area contributed by atoms with Crippen LogP contribution in [0.1, 0.15) is 37.2 Å². The Hall–Kier alpha value is -2.99. The topological polar surface area (TPSA) is 42.4 Å². The van der Waals surface area contributed by atoms with Crippen LogP contribution in [0.25, 0.3) is 11.3 Å². The van der Waals surface area contributed by atoms with Crippen molar-refractivity contribution in [3.05, 3.63) is 72.1 Å². The lowest BCUT2D eigenvalue weighted by Gasteiger charge is -2.38. The summed E-state index contributed by atoms with van der Waals surface area (Å²) in [5, 5.41) is 0. The molecule has 33 heavy (non-hydrogen) atoms. The van der Waals surface area contributed by atoms with Crippen molar-refractivity contribution in [3.63, 3.8) is 0 Å². The van der Waals surface area contributed by atoms with Crippen LogP contribution in [-0.4, -0.2) is 66.7 Å². The molecule has 0 spiro atoms. The van der Waals surface area contributed by atoms with Gasteiger partial charge in [-0.1, -0.05) is 19.9 Å². The summed E-state index contributed by atoms with van der Waals surface area (Å²) in [5.74, 6) is 1.32. The van der Waals surface area contributed by atoms with Gasteiger partial charge in [0, 0.05) is 5.56 Å². The molecule has 0 bridgehead atoms. The molecule has 1 aromatic carbocycles. The predicted octanol–water partition coefficient (Wildman–Crippen LogP) is 5.26. The number of piperazine rings is 1. The highest BCUT2D eigenvalue weighted by molar-refractivity contribution is 5.93. The Morgan fingerprint density at radius 2 is 1.79 bits per heavy atom. The number of hydrogen-bond acceptors (Lipinski definition) is 3. The Morgan fingerprint density at radius 1 is 1.09 bits per heavy atom. The molecule has 1 amide bonds. The number of amides is 1. The van der Waals surface area contributed by atoms with Gasteiger partial charge in [0.25, 0.3) is 5.91 Å². The van der Waals surface area contributed by atoms with Crippen LogP contribution in [0, 0.1) is 0 Å². The number of ether oxygens (including phenoxy) is 1. The first-order valence-corrected chi connectivity index (χ1v) is 11.8. The van der Waals surface area contributed by atoms with Gasteiger partial charge in [-0.05, 0) is 67.5 Å². The molecule has 0 saturated carbocycles. The molecule has 176 valence electrons. The van der Waals surface area contributed by atoms with Crippen LogP contribution in [0.15, 0.2) is 66.5 Å². The number of rotatable bonds is 4. The quantitative estimate of drug-likeness (QED) is 0.595. The maximum atomic E-state index is 13.4. The molecule has 4 rings (SSSR count).